The molecule has 4 nitrogen and oxygen atoms in total. The SMILES string of the molecule is Cc1cc(C(=O)NCC2(CCBr)CC2)no1. The van der Waals surface area contributed by atoms with E-state index in [0.717, 1.165) is 18.3 Å². The normalized spacial score (nSPS) is 17.1. The maximum absolute atomic E-state index is 11.7. The largest absolute Gasteiger partial charge is 0.361 e. The van der Waals surface area contributed by atoms with Crippen molar-refractivity contribution in [3.05, 3.63) is 17.5 Å². The summed E-state index contributed by atoms with van der Waals surface area (Å²) in [6.07, 6.45) is 3.53. The number of hydrogen-bond acceptors (Lipinski definition) is 3. The Morgan fingerprint density at radius 2 is 2.44 bits per heavy atom. The smallest absolute Gasteiger partial charge is 0.273 e. The van der Waals surface area contributed by atoms with Crippen LogP contribution in [0.3, 0.4) is 0 Å². The summed E-state index contributed by atoms with van der Waals surface area (Å²) in [4.78, 5) is 11.7. The molecule has 0 radical (unpaired) electrons. The summed E-state index contributed by atoms with van der Waals surface area (Å²) >= 11 is 3.44. The summed E-state index contributed by atoms with van der Waals surface area (Å²) in [6, 6.07) is 1.65. The number of halogens is 1. The van der Waals surface area contributed by atoms with Gasteiger partial charge in [0.2, 0.25) is 0 Å². The van der Waals surface area contributed by atoms with Gasteiger partial charge in [-0.05, 0) is 31.6 Å². The number of rotatable bonds is 5. The van der Waals surface area contributed by atoms with Crippen LogP contribution in [0.4, 0.5) is 0 Å². The van der Waals surface area contributed by atoms with Crippen LogP contribution in [0, 0.1) is 12.3 Å². The third-order valence-corrected chi connectivity index (χ3v) is 3.46. The lowest BCUT2D eigenvalue weighted by Crippen LogP contribution is -2.30. The number of nitrogens with one attached hydrogen (secondary N) is 1. The molecule has 1 aromatic rings. The average molecular weight is 287 g/mol. The van der Waals surface area contributed by atoms with Crippen molar-refractivity contribution in [2.24, 2.45) is 5.41 Å². The Kier molecular flexibility index (Phi) is 3.33. The Balaban J connectivity index is 1.84. The number of alkyl halides is 1. The fraction of sp³-hybridized carbons (Fsp3) is 0.636. The van der Waals surface area contributed by atoms with E-state index in [1.807, 2.05) is 0 Å². The van der Waals surface area contributed by atoms with Crippen LogP contribution in [0.5, 0.6) is 0 Å². The number of nitrogens with zero attached hydrogens (tertiary/aromatic N) is 1. The van der Waals surface area contributed by atoms with E-state index in [1.165, 1.54) is 12.8 Å². The first-order valence-electron chi connectivity index (χ1n) is 5.43. The first-order valence-corrected chi connectivity index (χ1v) is 6.55. The van der Waals surface area contributed by atoms with E-state index in [9.17, 15) is 4.79 Å². The van der Waals surface area contributed by atoms with Crippen LogP contribution < -0.4 is 5.32 Å². The third-order valence-electron chi connectivity index (χ3n) is 3.07. The Labute approximate surface area is 103 Å². The van der Waals surface area contributed by atoms with E-state index in [-0.39, 0.29) is 5.91 Å². The van der Waals surface area contributed by atoms with Crippen molar-refractivity contribution in [3.63, 3.8) is 0 Å². The second-order valence-corrected chi connectivity index (χ2v) is 5.24. The molecule has 0 atom stereocenters. The Morgan fingerprint density at radius 1 is 1.69 bits per heavy atom. The molecule has 1 N–H and O–H groups in total. The molecule has 1 amide bonds. The number of aryl methyl sites for hydroxylation is 1. The molecule has 88 valence electrons. The van der Waals surface area contributed by atoms with Crippen molar-refractivity contribution >= 4 is 21.8 Å². The van der Waals surface area contributed by atoms with Gasteiger partial charge in [-0.2, -0.15) is 0 Å². The number of aromatic nitrogens is 1. The van der Waals surface area contributed by atoms with Crippen LogP contribution in [0.1, 0.15) is 35.5 Å². The first kappa shape index (κ1) is 11.6. The van der Waals surface area contributed by atoms with Gasteiger partial charge in [-0.3, -0.25) is 4.79 Å². The number of carbonyl (C=O) groups excluding carboxylic acids is 1. The van der Waals surface area contributed by atoms with E-state index < -0.39 is 0 Å². The van der Waals surface area contributed by atoms with Gasteiger partial charge in [-0.1, -0.05) is 21.1 Å². The van der Waals surface area contributed by atoms with E-state index in [2.05, 4.69) is 26.4 Å². The second-order valence-electron chi connectivity index (χ2n) is 4.44. The van der Waals surface area contributed by atoms with Gasteiger partial charge in [0.1, 0.15) is 5.76 Å². The summed E-state index contributed by atoms with van der Waals surface area (Å²) in [5.41, 5.74) is 0.699. The van der Waals surface area contributed by atoms with E-state index in [0.29, 0.717) is 16.9 Å². The molecule has 0 aliphatic heterocycles. The molecule has 1 aromatic heterocycles. The van der Waals surface area contributed by atoms with Gasteiger partial charge in [-0.25, -0.2) is 0 Å². The van der Waals surface area contributed by atoms with Gasteiger partial charge in [0, 0.05) is 17.9 Å². The zero-order valence-electron chi connectivity index (χ0n) is 9.25. The Bertz CT molecular complexity index is 385. The van der Waals surface area contributed by atoms with Gasteiger partial charge < -0.3 is 9.84 Å². The Morgan fingerprint density at radius 3 is 2.94 bits per heavy atom. The molecule has 1 saturated carbocycles. The minimum absolute atomic E-state index is 0.141. The highest BCUT2D eigenvalue weighted by atomic mass is 79.9. The van der Waals surface area contributed by atoms with Crippen LogP contribution >= 0.6 is 15.9 Å². The zero-order valence-corrected chi connectivity index (χ0v) is 10.8. The average Bonchev–Trinajstić information content (AvgIpc) is 2.89. The molecular weight excluding hydrogens is 272 g/mol. The van der Waals surface area contributed by atoms with Crippen LogP contribution in [-0.4, -0.2) is 22.9 Å². The molecule has 0 spiro atoms. The monoisotopic (exact) mass is 286 g/mol. The zero-order chi connectivity index (χ0) is 11.6. The highest BCUT2D eigenvalue weighted by Gasteiger charge is 2.41. The minimum atomic E-state index is -0.141. The minimum Gasteiger partial charge on any atom is -0.361 e. The summed E-state index contributed by atoms with van der Waals surface area (Å²) in [7, 11) is 0. The molecule has 0 saturated heterocycles. The van der Waals surface area contributed by atoms with Crippen LogP contribution in [0.15, 0.2) is 10.6 Å². The van der Waals surface area contributed by atoms with Crippen LogP contribution in [0.25, 0.3) is 0 Å². The van der Waals surface area contributed by atoms with E-state index >= 15 is 0 Å². The van der Waals surface area contributed by atoms with Crippen LogP contribution in [-0.2, 0) is 0 Å². The molecule has 1 aliphatic rings. The topological polar surface area (TPSA) is 55.1 Å². The fourth-order valence-corrected chi connectivity index (χ4v) is 2.57. The molecule has 1 fully saturated rings. The van der Waals surface area contributed by atoms with E-state index in [1.54, 1.807) is 13.0 Å². The second kappa shape index (κ2) is 4.57. The number of amides is 1. The summed E-state index contributed by atoms with van der Waals surface area (Å²) < 4.78 is 4.86. The lowest BCUT2D eigenvalue weighted by Gasteiger charge is -2.13. The van der Waals surface area contributed by atoms with Crippen molar-refractivity contribution in [1.29, 1.82) is 0 Å². The Hall–Kier alpha value is -0.840. The molecule has 0 aromatic carbocycles. The molecule has 5 heteroatoms. The summed E-state index contributed by atoms with van der Waals surface area (Å²) in [5.74, 6) is 0.518. The molecule has 1 aliphatic carbocycles. The summed E-state index contributed by atoms with van der Waals surface area (Å²) in [5, 5.41) is 7.60. The number of carbonyl (C=O) groups is 1. The van der Waals surface area contributed by atoms with Crippen molar-refractivity contribution in [2.75, 3.05) is 11.9 Å². The van der Waals surface area contributed by atoms with E-state index in [4.69, 9.17) is 4.52 Å². The van der Waals surface area contributed by atoms with Gasteiger partial charge in [0.25, 0.3) is 5.91 Å². The summed E-state index contributed by atoms with van der Waals surface area (Å²) in [6.45, 7) is 2.51. The quantitative estimate of drug-likeness (QED) is 0.845. The lowest BCUT2D eigenvalue weighted by atomic mass is 10.0. The fourth-order valence-electron chi connectivity index (χ4n) is 1.72. The van der Waals surface area contributed by atoms with Crippen molar-refractivity contribution in [1.82, 2.24) is 10.5 Å². The first-order chi connectivity index (χ1) is 7.65. The van der Waals surface area contributed by atoms with Gasteiger partial charge in [0.05, 0.1) is 0 Å². The highest BCUT2D eigenvalue weighted by Crippen LogP contribution is 2.48. The van der Waals surface area contributed by atoms with Gasteiger partial charge >= 0.3 is 0 Å². The molecule has 0 unspecified atom stereocenters. The van der Waals surface area contributed by atoms with Crippen molar-refractivity contribution in [2.45, 2.75) is 26.2 Å². The lowest BCUT2D eigenvalue weighted by molar-refractivity contribution is 0.0935. The van der Waals surface area contributed by atoms with Crippen LogP contribution in [0.2, 0.25) is 0 Å². The number of hydrogen-bond donors (Lipinski definition) is 1. The standard InChI is InChI=1S/C11H15BrN2O2/c1-8-6-9(14-16-8)10(15)13-7-11(2-3-11)4-5-12/h6H,2-5,7H2,1H3,(H,13,15). The maximum atomic E-state index is 11.7. The molecule has 0 bridgehead atoms. The van der Waals surface area contributed by atoms with Gasteiger partial charge in [-0.15, -0.1) is 0 Å². The maximum Gasteiger partial charge on any atom is 0.273 e. The predicted molar refractivity (Wildman–Crippen MR) is 63.7 cm³/mol. The molecule has 1 heterocycles. The third kappa shape index (κ3) is 2.64. The molecular formula is C11H15BrN2O2. The molecule has 2 rings (SSSR count). The van der Waals surface area contributed by atoms with Crippen molar-refractivity contribution in [3.8, 4) is 0 Å². The van der Waals surface area contributed by atoms with Crippen molar-refractivity contribution < 1.29 is 9.32 Å². The van der Waals surface area contributed by atoms with Gasteiger partial charge in [0.15, 0.2) is 5.69 Å². The predicted octanol–water partition coefficient (Wildman–Crippen LogP) is 2.28. The highest BCUT2D eigenvalue weighted by molar-refractivity contribution is 9.09. The molecule has 16 heavy (non-hydrogen) atoms.